The van der Waals surface area contributed by atoms with Gasteiger partial charge in [0.25, 0.3) is 5.56 Å². The van der Waals surface area contributed by atoms with Crippen LogP contribution in [0.15, 0.2) is 17.1 Å². The van der Waals surface area contributed by atoms with Gasteiger partial charge in [-0.15, -0.1) is 6.42 Å². The quantitative estimate of drug-likeness (QED) is 0.147. The van der Waals surface area contributed by atoms with E-state index in [1.807, 2.05) is 5.92 Å². The van der Waals surface area contributed by atoms with Crippen LogP contribution in [0.25, 0.3) is 0 Å². The number of aromatic nitrogens is 2. The molecule has 0 aliphatic carbocycles. The van der Waals surface area contributed by atoms with E-state index in [9.17, 15) is 32.9 Å². The Morgan fingerprint density at radius 1 is 1.29 bits per heavy atom. The Kier molecular flexibility index (Phi) is 7.64. The molecule has 6 N–H and O–H groups in total. The molecule has 31 heavy (non-hydrogen) atoms. The van der Waals surface area contributed by atoms with Gasteiger partial charge in [-0.25, -0.2) is 18.1 Å². The molecule has 0 radical (unpaired) electrons. The number of alkyl halides is 1. The highest BCUT2D eigenvalue weighted by atomic mass is 32.1. The molecule has 0 bridgehead atoms. The van der Waals surface area contributed by atoms with Crippen molar-refractivity contribution in [2.24, 2.45) is 0 Å². The number of phosphoric acid groups is 3. The first-order chi connectivity index (χ1) is 14.0. The first kappa shape index (κ1) is 26.2. The molecule has 174 valence electrons. The van der Waals surface area contributed by atoms with Crippen molar-refractivity contribution in [3.05, 3.63) is 27.4 Å². The van der Waals surface area contributed by atoms with Crippen LogP contribution in [-0.2, 0) is 31.6 Å². The summed E-state index contributed by atoms with van der Waals surface area (Å²) in [6.45, 7) is -1.30. The lowest BCUT2D eigenvalue weighted by Crippen LogP contribution is -2.44. The van der Waals surface area contributed by atoms with Crippen molar-refractivity contribution in [2.75, 3.05) is 6.61 Å². The summed E-state index contributed by atoms with van der Waals surface area (Å²) >= 11 is 4.86. The minimum atomic E-state index is -5.81. The number of phosphoric ester groups is 1. The molecule has 20 heteroatoms. The summed E-state index contributed by atoms with van der Waals surface area (Å²) < 4.78 is 65.7. The normalized spacial score (nSPS) is 30.3. The Morgan fingerprint density at radius 3 is 2.42 bits per heavy atom. The highest BCUT2D eigenvalue weighted by molar-refractivity contribution is 7.71. The number of aliphatic hydroxyl groups excluding tert-OH is 1. The maximum absolute atomic E-state index is 14.7. The number of aliphatic hydroxyl groups is 1. The molecular weight excluding hydrogens is 512 g/mol. The van der Waals surface area contributed by atoms with E-state index in [0.29, 0.717) is 0 Å². The van der Waals surface area contributed by atoms with E-state index in [-0.39, 0.29) is 4.77 Å². The highest BCUT2D eigenvalue weighted by Gasteiger charge is 2.57. The molecule has 1 saturated heterocycles. The fraction of sp³-hybridized carbons (Fsp3) is 0.455. The van der Waals surface area contributed by atoms with Crippen LogP contribution in [0.2, 0.25) is 0 Å². The molecule has 2 rings (SSSR count). The summed E-state index contributed by atoms with van der Waals surface area (Å²) in [5.74, 6) is 1.83. The summed E-state index contributed by atoms with van der Waals surface area (Å²) in [5.41, 5.74) is -3.08. The third-order valence-corrected chi connectivity index (χ3v) is 7.71. The van der Waals surface area contributed by atoms with Gasteiger partial charge in [0.1, 0.15) is 12.7 Å². The topological polar surface area (TPSA) is 227 Å². The van der Waals surface area contributed by atoms with Gasteiger partial charge in [0.15, 0.2) is 22.8 Å². The minimum absolute atomic E-state index is 0.312. The third kappa shape index (κ3) is 6.47. The lowest BCUT2D eigenvalue weighted by atomic mass is 9.98. The van der Waals surface area contributed by atoms with Crippen molar-refractivity contribution in [1.82, 2.24) is 9.55 Å². The Bertz CT molecular complexity index is 1140. The number of rotatable bonds is 8. The van der Waals surface area contributed by atoms with E-state index >= 15 is 0 Å². The lowest BCUT2D eigenvalue weighted by molar-refractivity contribution is -0.0901. The largest absolute Gasteiger partial charge is 0.490 e. The molecule has 0 amide bonds. The van der Waals surface area contributed by atoms with E-state index in [2.05, 4.69) is 18.1 Å². The number of hydrogen-bond donors (Lipinski definition) is 6. The lowest BCUT2D eigenvalue weighted by Gasteiger charge is -2.27. The van der Waals surface area contributed by atoms with E-state index in [4.69, 9.17) is 38.1 Å². The van der Waals surface area contributed by atoms with Gasteiger partial charge in [-0.1, -0.05) is 5.92 Å². The summed E-state index contributed by atoms with van der Waals surface area (Å²) in [5, 5.41) is 10.2. The Labute approximate surface area is 176 Å². The number of hydrogen-bond acceptors (Lipinski definition) is 10. The van der Waals surface area contributed by atoms with Crippen molar-refractivity contribution in [3.8, 4) is 12.3 Å². The van der Waals surface area contributed by atoms with Crippen LogP contribution in [0.4, 0.5) is 4.39 Å². The highest BCUT2D eigenvalue weighted by Crippen LogP contribution is 2.66. The monoisotopic (exact) mass is 526 g/mol. The molecule has 6 atom stereocenters. The average Bonchev–Trinajstić information content (AvgIpc) is 2.82. The second-order valence-corrected chi connectivity index (χ2v) is 10.6. The Hall–Kier alpha value is -1.08. The number of halogens is 1. The molecule has 1 fully saturated rings. The van der Waals surface area contributed by atoms with Crippen LogP contribution in [0, 0.1) is 17.1 Å². The smallest absolute Gasteiger partial charge is 0.386 e. The van der Waals surface area contributed by atoms with Crippen LogP contribution >= 0.6 is 35.7 Å². The molecule has 2 heterocycles. The van der Waals surface area contributed by atoms with Gasteiger partial charge in [0.05, 0.1) is 0 Å². The van der Waals surface area contributed by atoms with Crippen molar-refractivity contribution in [3.63, 3.8) is 0 Å². The first-order valence-corrected chi connectivity index (χ1v) is 12.5. The molecule has 1 aliphatic rings. The predicted octanol–water partition coefficient (Wildman–Crippen LogP) is -0.151. The van der Waals surface area contributed by atoms with E-state index in [0.717, 1.165) is 16.8 Å². The predicted molar refractivity (Wildman–Crippen MR) is 98.3 cm³/mol. The van der Waals surface area contributed by atoms with Crippen LogP contribution in [0.5, 0.6) is 0 Å². The average molecular weight is 526 g/mol. The van der Waals surface area contributed by atoms with Crippen LogP contribution in [0.3, 0.4) is 0 Å². The van der Waals surface area contributed by atoms with Gasteiger partial charge in [0, 0.05) is 12.3 Å². The zero-order valence-corrected chi connectivity index (χ0v) is 18.2. The van der Waals surface area contributed by atoms with Gasteiger partial charge in [-0.05, 0) is 12.2 Å². The van der Waals surface area contributed by atoms with E-state index in [1.165, 1.54) is 0 Å². The number of H-pyrrole nitrogens is 1. The number of aromatic amines is 1. The molecule has 1 aromatic rings. The zero-order valence-electron chi connectivity index (χ0n) is 14.7. The zero-order chi connectivity index (χ0) is 23.8. The molecule has 15 nitrogen and oxygen atoms in total. The molecule has 3 unspecified atom stereocenters. The van der Waals surface area contributed by atoms with Gasteiger partial charge in [-0.3, -0.25) is 18.9 Å². The van der Waals surface area contributed by atoms with Crippen molar-refractivity contribution >= 4 is 35.7 Å². The maximum Gasteiger partial charge on any atom is 0.490 e. The second-order valence-electron chi connectivity index (χ2n) is 5.81. The fourth-order valence-electron chi connectivity index (χ4n) is 2.36. The molecular formula is C11H14FN2O13P3S. The van der Waals surface area contributed by atoms with Crippen molar-refractivity contribution in [2.45, 2.75) is 24.1 Å². The third-order valence-electron chi connectivity index (χ3n) is 3.61. The van der Waals surface area contributed by atoms with Gasteiger partial charge in [-0.2, -0.15) is 8.62 Å². The molecule has 0 spiro atoms. The Morgan fingerprint density at radius 2 is 1.90 bits per heavy atom. The number of nitrogens with one attached hydrogen (secondary N) is 1. The molecule has 0 saturated carbocycles. The van der Waals surface area contributed by atoms with Crippen LogP contribution < -0.4 is 5.56 Å². The van der Waals surface area contributed by atoms with Gasteiger partial charge < -0.3 is 29.4 Å². The summed E-state index contributed by atoms with van der Waals surface area (Å²) in [6.07, 6.45) is 0.0661. The molecule has 1 aliphatic heterocycles. The first-order valence-electron chi connectivity index (χ1n) is 7.58. The van der Waals surface area contributed by atoms with E-state index in [1.54, 1.807) is 0 Å². The molecule has 1 aromatic heterocycles. The van der Waals surface area contributed by atoms with Crippen LogP contribution in [0.1, 0.15) is 6.23 Å². The van der Waals surface area contributed by atoms with Crippen molar-refractivity contribution in [1.29, 1.82) is 0 Å². The summed E-state index contributed by atoms with van der Waals surface area (Å²) in [4.78, 5) is 49.0. The number of terminal acetylenes is 1. The number of ether oxygens (including phenoxy) is 1. The summed E-state index contributed by atoms with van der Waals surface area (Å²) in [6, 6.07) is 0.959. The number of nitrogens with zero attached hydrogens (tertiary/aromatic N) is 1. The van der Waals surface area contributed by atoms with Gasteiger partial charge >= 0.3 is 23.5 Å². The SMILES string of the molecule is C#C[C@]1(COP(=O)(O)OP(=O)(O)OP(=O)(O)O)O[C@@H](n2ccc(=O)[nH]c2=S)C(F)[C@H]1O. The van der Waals surface area contributed by atoms with Crippen LogP contribution in [-0.4, -0.2) is 58.7 Å². The van der Waals surface area contributed by atoms with Gasteiger partial charge in [0.2, 0.25) is 0 Å². The van der Waals surface area contributed by atoms with Crippen molar-refractivity contribution < 1.29 is 60.6 Å². The Balaban J connectivity index is 2.22. The minimum Gasteiger partial charge on any atom is -0.386 e. The van der Waals surface area contributed by atoms with E-state index < -0.39 is 59.7 Å². The fourth-order valence-corrected chi connectivity index (χ4v) is 5.68. The second kappa shape index (κ2) is 9.05. The summed E-state index contributed by atoms with van der Waals surface area (Å²) in [7, 11) is -17.0. The standard InChI is InChI=1S/C11H14FN2O13P3S/c1-2-11(5-24-29(20,21)27-30(22,23)26-28(17,18)19)8(16)7(12)9(25-11)14-4-3-6(15)13-10(14)31/h1,3-4,7-9,16H,5H2,(H,20,21)(H,22,23)(H,13,15,31)(H2,17,18,19)/t7?,8-,9-,11-/m1/s1. The molecule has 0 aromatic carbocycles. The maximum atomic E-state index is 14.7.